The molecule has 0 N–H and O–H groups in total. The standard InChI is InChI=1S/C9H15BO4/c1-5-9(4-11-2)7(12-3)6(13-5)8(10)14-9/h5-8H,4H2,1-3H3/t5?,6-,7+,8-,9+/m1/s1. The zero-order valence-corrected chi connectivity index (χ0v) is 8.73. The Morgan fingerprint density at radius 3 is 2.71 bits per heavy atom. The Labute approximate surface area is 85.3 Å². The Morgan fingerprint density at radius 2 is 2.14 bits per heavy atom. The minimum absolute atomic E-state index is 0.0443. The Hall–Kier alpha value is -0.0951. The molecule has 0 spiro atoms. The molecule has 0 aromatic rings. The van der Waals surface area contributed by atoms with Crippen molar-refractivity contribution in [3.05, 3.63) is 0 Å². The summed E-state index contributed by atoms with van der Waals surface area (Å²) in [4.78, 5) is 0. The van der Waals surface area contributed by atoms with Gasteiger partial charge in [-0.15, -0.1) is 0 Å². The van der Waals surface area contributed by atoms with E-state index < -0.39 is 11.6 Å². The summed E-state index contributed by atoms with van der Waals surface area (Å²) in [5, 5.41) is 0. The molecule has 14 heavy (non-hydrogen) atoms. The first kappa shape index (κ1) is 10.4. The maximum absolute atomic E-state index is 5.78. The summed E-state index contributed by atoms with van der Waals surface area (Å²) in [5.74, 6) is 0. The summed E-state index contributed by atoms with van der Waals surface area (Å²) < 4.78 is 21.9. The third-order valence-electron chi connectivity index (χ3n) is 3.13. The fourth-order valence-corrected chi connectivity index (χ4v) is 2.46. The summed E-state index contributed by atoms with van der Waals surface area (Å²) in [6, 6.07) is -0.411. The molecule has 2 aliphatic rings. The highest BCUT2D eigenvalue weighted by atomic mass is 16.7. The van der Waals surface area contributed by atoms with E-state index in [-0.39, 0.29) is 18.3 Å². The van der Waals surface area contributed by atoms with Crippen molar-refractivity contribution >= 4 is 7.85 Å². The van der Waals surface area contributed by atoms with E-state index >= 15 is 0 Å². The molecule has 2 bridgehead atoms. The van der Waals surface area contributed by atoms with E-state index in [4.69, 9.17) is 26.8 Å². The summed E-state index contributed by atoms with van der Waals surface area (Å²) in [6.07, 6.45) is -0.352. The molecule has 78 valence electrons. The summed E-state index contributed by atoms with van der Waals surface area (Å²) in [7, 11) is 9.06. The van der Waals surface area contributed by atoms with Gasteiger partial charge in [0.1, 0.15) is 25.7 Å². The molecule has 2 radical (unpaired) electrons. The highest BCUT2D eigenvalue weighted by molar-refractivity contribution is 6.11. The predicted molar refractivity (Wildman–Crippen MR) is 50.4 cm³/mol. The molecule has 5 heteroatoms. The second kappa shape index (κ2) is 3.49. The molecule has 2 aliphatic heterocycles. The number of hydrogen-bond donors (Lipinski definition) is 0. The largest absolute Gasteiger partial charge is 0.381 e. The third-order valence-corrected chi connectivity index (χ3v) is 3.13. The molecule has 2 fully saturated rings. The second-order valence-electron chi connectivity index (χ2n) is 3.87. The van der Waals surface area contributed by atoms with E-state index in [9.17, 15) is 0 Å². The quantitative estimate of drug-likeness (QED) is 0.583. The van der Waals surface area contributed by atoms with Crippen LogP contribution in [0.15, 0.2) is 0 Å². The first-order valence-electron chi connectivity index (χ1n) is 4.76. The van der Waals surface area contributed by atoms with Crippen LogP contribution < -0.4 is 0 Å². The second-order valence-corrected chi connectivity index (χ2v) is 3.87. The average molecular weight is 198 g/mol. The molecule has 0 saturated carbocycles. The van der Waals surface area contributed by atoms with Gasteiger partial charge in [-0.3, -0.25) is 0 Å². The van der Waals surface area contributed by atoms with Crippen molar-refractivity contribution in [1.82, 2.24) is 0 Å². The molecule has 0 aromatic heterocycles. The number of hydrogen-bond acceptors (Lipinski definition) is 4. The maximum atomic E-state index is 5.78. The number of rotatable bonds is 3. The monoisotopic (exact) mass is 198 g/mol. The molecule has 5 atom stereocenters. The van der Waals surface area contributed by atoms with Gasteiger partial charge in [-0.2, -0.15) is 0 Å². The predicted octanol–water partition coefficient (Wildman–Crippen LogP) is -0.301. The van der Waals surface area contributed by atoms with Gasteiger partial charge in [-0.05, 0) is 6.92 Å². The lowest BCUT2D eigenvalue weighted by atomic mass is 9.90. The first-order valence-corrected chi connectivity index (χ1v) is 4.76. The molecular formula is C9H15BO4. The molecule has 0 aromatic carbocycles. The van der Waals surface area contributed by atoms with Crippen molar-refractivity contribution < 1.29 is 18.9 Å². The molecule has 0 amide bonds. The van der Waals surface area contributed by atoms with Gasteiger partial charge in [-0.25, -0.2) is 0 Å². The lowest BCUT2D eigenvalue weighted by molar-refractivity contribution is -0.178. The van der Waals surface area contributed by atoms with E-state index in [1.165, 1.54) is 0 Å². The topological polar surface area (TPSA) is 36.9 Å². The van der Waals surface area contributed by atoms with E-state index in [0.717, 1.165) is 0 Å². The van der Waals surface area contributed by atoms with Gasteiger partial charge >= 0.3 is 0 Å². The summed E-state index contributed by atoms with van der Waals surface area (Å²) in [6.45, 7) is 2.40. The van der Waals surface area contributed by atoms with Gasteiger partial charge in [0.25, 0.3) is 0 Å². The van der Waals surface area contributed by atoms with Crippen LogP contribution >= 0.6 is 0 Å². The minimum Gasteiger partial charge on any atom is -0.381 e. The van der Waals surface area contributed by atoms with Crippen LogP contribution in [0.3, 0.4) is 0 Å². The molecule has 2 heterocycles. The van der Waals surface area contributed by atoms with Crippen LogP contribution in [-0.4, -0.2) is 58.6 Å². The number of methoxy groups -OCH3 is 2. The SMILES string of the molecule is [B][C@@H]1O[C@@]2(COC)C(C)O[C@@H]1[C@@H]2OC. The number of ether oxygens (including phenoxy) is 4. The van der Waals surface area contributed by atoms with Gasteiger partial charge in [0, 0.05) is 20.2 Å². The molecule has 4 nitrogen and oxygen atoms in total. The lowest BCUT2D eigenvalue weighted by Gasteiger charge is -2.34. The van der Waals surface area contributed by atoms with Crippen LogP contribution in [0.1, 0.15) is 6.92 Å². The van der Waals surface area contributed by atoms with E-state index in [1.807, 2.05) is 6.92 Å². The van der Waals surface area contributed by atoms with E-state index in [2.05, 4.69) is 0 Å². The molecule has 2 rings (SSSR count). The van der Waals surface area contributed by atoms with Gasteiger partial charge in [0.05, 0.1) is 12.7 Å². The average Bonchev–Trinajstić information content (AvgIpc) is 2.54. The van der Waals surface area contributed by atoms with Crippen molar-refractivity contribution in [3.63, 3.8) is 0 Å². The molecule has 0 aliphatic carbocycles. The highest BCUT2D eigenvalue weighted by Crippen LogP contribution is 2.44. The Balaban J connectivity index is 2.25. The smallest absolute Gasteiger partial charge is 0.145 e. The highest BCUT2D eigenvalue weighted by Gasteiger charge is 2.64. The van der Waals surface area contributed by atoms with Crippen LogP contribution in [0.2, 0.25) is 0 Å². The molecule has 1 unspecified atom stereocenters. The zero-order valence-electron chi connectivity index (χ0n) is 8.73. The Morgan fingerprint density at radius 1 is 1.43 bits per heavy atom. The van der Waals surface area contributed by atoms with Crippen LogP contribution in [0.5, 0.6) is 0 Å². The summed E-state index contributed by atoms with van der Waals surface area (Å²) in [5.41, 5.74) is -0.534. The normalized spacial score (nSPS) is 51.4. The third kappa shape index (κ3) is 1.16. The van der Waals surface area contributed by atoms with E-state index in [1.54, 1.807) is 14.2 Å². The first-order chi connectivity index (χ1) is 6.65. The van der Waals surface area contributed by atoms with Crippen molar-refractivity contribution in [1.29, 1.82) is 0 Å². The maximum Gasteiger partial charge on any atom is 0.145 e. The van der Waals surface area contributed by atoms with Crippen LogP contribution in [0.4, 0.5) is 0 Å². The Kier molecular flexibility index (Phi) is 2.60. The van der Waals surface area contributed by atoms with Crippen molar-refractivity contribution in [3.8, 4) is 0 Å². The fourth-order valence-electron chi connectivity index (χ4n) is 2.46. The summed E-state index contributed by atoms with van der Waals surface area (Å²) >= 11 is 0. The lowest BCUT2D eigenvalue weighted by Crippen LogP contribution is -2.50. The van der Waals surface area contributed by atoms with Crippen molar-refractivity contribution in [2.24, 2.45) is 0 Å². The van der Waals surface area contributed by atoms with Crippen LogP contribution in [0.25, 0.3) is 0 Å². The zero-order chi connectivity index (χ0) is 10.3. The fraction of sp³-hybridized carbons (Fsp3) is 1.00. The molecule has 2 saturated heterocycles. The van der Waals surface area contributed by atoms with Gasteiger partial charge in [-0.1, -0.05) is 0 Å². The number of fused-ring (bicyclic) bond motifs is 2. The van der Waals surface area contributed by atoms with Crippen molar-refractivity contribution in [2.75, 3.05) is 20.8 Å². The van der Waals surface area contributed by atoms with Crippen LogP contribution in [0, 0.1) is 0 Å². The van der Waals surface area contributed by atoms with Crippen LogP contribution in [-0.2, 0) is 18.9 Å². The van der Waals surface area contributed by atoms with E-state index in [0.29, 0.717) is 6.61 Å². The van der Waals surface area contributed by atoms with Crippen molar-refractivity contribution in [2.45, 2.75) is 36.8 Å². The van der Waals surface area contributed by atoms with Gasteiger partial charge in [0.15, 0.2) is 0 Å². The minimum atomic E-state index is -0.534. The Bertz CT molecular complexity index is 225. The van der Waals surface area contributed by atoms with Gasteiger partial charge in [0.2, 0.25) is 0 Å². The molecular weight excluding hydrogens is 183 g/mol. The van der Waals surface area contributed by atoms with Gasteiger partial charge < -0.3 is 18.9 Å².